The summed E-state index contributed by atoms with van der Waals surface area (Å²) in [5, 5.41) is 2.95. The Labute approximate surface area is 132 Å². The fourth-order valence-electron chi connectivity index (χ4n) is 2.31. The summed E-state index contributed by atoms with van der Waals surface area (Å²) >= 11 is 0. The maximum Gasteiger partial charge on any atom is 0.238 e. The third-order valence-corrected chi connectivity index (χ3v) is 3.47. The van der Waals surface area contributed by atoms with Gasteiger partial charge in [-0.15, -0.1) is 0 Å². The van der Waals surface area contributed by atoms with Crippen LogP contribution in [0.15, 0.2) is 40.8 Å². The lowest BCUT2D eigenvalue weighted by molar-refractivity contribution is -0.117. The van der Waals surface area contributed by atoms with Crippen LogP contribution in [-0.4, -0.2) is 24.4 Å². The van der Waals surface area contributed by atoms with Crippen LogP contribution in [0.3, 0.4) is 0 Å². The van der Waals surface area contributed by atoms with Crippen LogP contribution in [0.25, 0.3) is 0 Å². The lowest BCUT2D eigenvalue weighted by atomic mass is 10.0. The maximum absolute atomic E-state index is 12.1. The maximum atomic E-state index is 12.1. The quantitative estimate of drug-likeness (QED) is 0.883. The second-order valence-corrected chi connectivity index (χ2v) is 6.01. The molecule has 2 aromatic rings. The number of likely N-dealkylation sites (N-methyl/N-ethyl adjacent to an activating group) is 1. The molecule has 0 radical (unpaired) electrons. The first kappa shape index (κ1) is 16.3. The summed E-state index contributed by atoms with van der Waals surface area (Å²) in [6.07, 6.45) is 0. The smallest absolute Gasteiger partial charge is 0.238 e. The highest BCUT2D eigenvalue weighted by atomic mass is 16.3. The standard InChI is InChI=1S/C18H24N2O2/c1-13(2)15-6-5-7-16(10-15)19-18(21)12-20(4)11-17-9-8-14(3)22-17/h5-10,13H,11-12H2,1-4H3,(H,19,21). The third-order valence-electron chi connectivity index (χ3n) is 3.47. The summed E-state index contributed by atoms with van der Waals surface area (Å²) in [4.78, 5) is 14.0. The van der Waals surface area contributed by atoms with E-state index >= 15 is 0 Å². The number of nitrogens with one attached hydrogen (secondary N) is 1. The van der Waals surface area contributed by atoms with Gasteiger partial charge in [0.25, 0.3) is 0 Å². The second kappa shape index (κ2) is 7.27. The van der Waals surface area contributed by atoms with Gasteiger partial charge in [0.1, 0.15) is 11.5 Å². The number of rotatable bonds is 6. The SMILES string of the molecule is Cc1ccc(CN(C)CC(=O)Nc2cccc(C(C)C)c2)o1. The van der Waals surface area contributed by atoms with Crippen LogP contribution < -0.4 is 5.32 Å². The molecule has 1 N–H and O–H groups in total. The molecule has 0 fully saturated rings. The largest absolute Gasteiger partial charge is 0.465 e. The summed E-state index contributed by atoms with van der Waals surface area (Å²) < 4.78 is 5.52. The number of furan rings is 1. The van der Waals surface area contributed by atoms with Gasteiger partial charge in [0.2, 0.25) is 5.91 Å². The minimum Gasteiger partial charge on any atom is -0.465 e. The Morgan fingerprint density at radius 1 is 1.27 bits per heavy atom. The van der Waals surface area contributed by atoms with Gasteiger partial charge < -0.3 is 9.73 Å². The number of benzene rings is 1. The average Bonchev–Trinajstić information content (AvgIpc) is 2.83. The molecule has 0 aliphatic rings. The van der Waals surface area contributed by atoms with Crippen LogP contribution in [0.1, 0.15) is 36.8 Å². The number of aryl methyl sites for hydroxylation is 1. The van der Waals surface area contributed by atoms with Gasteiger partial charge in [-0.2, -0.15) is 0 Å². The van der Waals surface area contributed by atoms with Crippen molar-refractivity contribution >= 4 is 11.6 Å². The summed E-state index contributed by atoms with van der Waals surface area (Å²) in [5.74, 6) is 2.18. The highest BCUT2D eigenvalue weighted by Crippen LogP contribution is 2.18. The highest BCUT2D eigenvalue weighted by molar-refractivity contribution is 5.92. The number of hydrogen-bond acceptors (Lipinski definition) is 3. The molecule has 118 valence electrons. The van der Waals surface area contributed by atoms with Gasteiger partial charge in [-0.25, -0.2) is 0 Å². The Morgan fingerprint density at radius 2 is 2.05 bits per heavy atom. The minimum absolute atomic E-state index is 0.0216. The van der Waals surface area contributed by atoms with Gasteiger partial charge >= 0.3 is 0 Å². The Kier molecular flexibility index (Phi) is 5.39. The molecule has 2 rings (SSSR count). The predicted octanol–water partition coefficient (Wildman–Crippen LogP) is 3.78. The number of hydrogen-bond donors (Lipinski definition) is 1. The Morgan fingerprint density at radius 3 is 2.68 bits per heavy atom. The number of amides is 1. The van der Waals surface area contributed by atoms with Crippen LogP contribution in [-0.2, 0) is 11.3 Å². The first-order chi connectivity index (χ1) is 10.4. The molecular formula is C18H24N2O2. The zero-order chi connectivity index (χ0) is 16.1. The fourth-order valence-corrected chi connectivity index (χ4v) is 2.31. The minimum atomic E-state index is -0.0216. The van der Waals surface area contributed by atoms with Crippen LogP contribution in [0.5, 0.6) is 0 Å². The van der Waals surface area contributed by atoms with Gasteiger partial charge in [-0.3, -0.25) is 9.69 Å². The number of anilines is 1. The monoisotopic (exact) mass is 300 g/mol. The van der Waals surface area contributed by atoms with Crippen LogP contribution >= 0.6 is 0 Å². The number of carbonyl (C=O) groups excluding carboxylic acids is 1. The van der Waals surface area contributed by atoms with Crippen molar-refractivity contribution in [1.82, 2.24) is 4.90 Å². The molecule has 0 aliphatic carbocycles. The van der Waals surface area contributed by atoms with Crippen molar-refractivity contribution in [1.29, 1.82) is 0 Å². The van der Waals surface area contributed by atoms with E-state index < -0.39 is 0 Å². The summed E-state index contributed by atoms with van der Waals surface area (Å²) in [6, 6.07) is 11.9. The van der Waals surface area contributed by atoms with E-state index in [9.17, 15) is 4.79 Å². The lowest BCUT2D eigenvalue weighted by Crippen LogP contribution is -2.29. The van der Waals surface area contributed by atoms with Crippen molar-refractivity contribution in [2.45, 2.75) is 33.2 Å². The summed E-state index contributed by atoms with van der Waals surface area (Å²) in [7, 11) is 1.90. The van der Waals surface area contributed by atoms with Crippen molar-refractivity contribution < 1.29 is 9.21 Å². The van der Waals surface area contributed by atoms with Crippen molar-refractivity contribution in [3.8, 4) is 0 Å². The zero-order valence-corrected chi connectivity index (χ0v) is 13.7. The van der Waals surface area contributed by atoms with E-state index in [1.54, 1.807) is 0 Å². The van der Waals surface area contributed by atoms with Gasteiger partial charge in [0.05, 0.1) is 13.1 Å². The molecule has 0 saturated heterocycles. The normalized spacial score (nSPS) is 11.2. The molecule has 4 nitrogen and oxygen atoms in total. The first-order valence-corrected chi connectivity index (χ1v) is 7.57. The highest BCUT2D eigenvalue weighted by Gasteiger charge is 2.10. The van der Waals surface area contributed by atoms with Crippen molar-refractivity contribution in [3.05, 3.63) is 53.5 Å². The third kappa shape index (κ3) is 4.74. The molecule has 0 bridgehead atoms. The van der Waals surface area contributed by atoms with Crippen molar-refractivity contribution in [3.63, 3.8) is 0 Å². The van der Waals surface area contributed by atoms with E-state index in [4.69, 9.17) is 4.42 Å². The molecule has 0 unspecified atom stereocenters. The zero-order valence-electron chi connectivity index (χ0n) is 13.7. The van der Waals surface area contributed by atoms with E-state index in [0.29, 0.717) is 19.0 Å². The molecule has 0 saturated carbocycles. The van der Waals surface area contributed by atoms with E-state index in [1.807, 2.05) is 49.2 Å². The molecule has 1 aromatic carbocycles. The Balaban J connectivity index is 1.88. The molecule has 0 spiro atoms. The fraction of sp³-hybridized carbons (Fsp3) is 0.389. The Hall–Kier alpha value is -2.07. The van der Waals surface area contributed by atoms with Crippen LogP contribution in [0.2, 0.25) is 0 Å². The molecule has 1 heterocycles. The second-order valence-electron chi connectivity index (χ2n) is 6.01. The van der Waals surface area contributed by atoms with Crippen LogP contribution in [0, 0.1) is 6.92 Å². The summed E-state index contributed by atoms with van der Waals surface area (Å²) in [6.45, 7) is 7.14. The van der Waals surface area contributed by atoms with E-state index in [0.717, 1.165) is 17.2 Å². The van der Waals surface area contributed by atoms with Crippen molar-refractivity contribution in [2.75, 3.05) is 18.9 Å². The molecule has 22 heavy (non-hydrogen) atoms. The molecule has 0 atom stereocenters. The average molecular weight is 300 g/mol. The van der Waals surface area contributed by atoms with Gasteiger partial charge in [0.15, 0.2) is 0 Å². The Bertz CT molecular complexity index is 632. The van der Waals surface area contributed by atoms with Crippen molar-refractivity contribution in [2.24, 2.45) is 0 Å². The van der Waals surface area contributed by atoms with E-state index in [1.165, 1.54) is 5.56 Å². The van der Waals surface area contributed by atoms with Gasteiger partial charge in [-0.05, 0) is 49.7 Å². The molecule has 1 amide bonds. The molecule has 0 aliphatic heterocycles. The predicted molar refractivity (Wildman–Crippen MR) is 88.9 cm³/mol. The molecular weight excluding hydrogens is 276 g/mol. The number of carbonyl (C=O) groups is 1. The van der Waals surface area contributed by atoms with E-state index in [-0.39, 0.29) is 5.91 Å². The molecule has 1 aromatic heterocycles. The van der Waals surface area contributed by atoms with E-state index in [2.05, 4.69) is 25.2 Å². The van der Waals surface area contributed by atoms with Gasteiger partial charge in [-0.1, -0.05) is 26.0 Å². The van der Waals surface area contributed by atoms with Crippen LogP contribution in [0.4, 0.5) is 5.69 Å². The summed E-state index contributed by atoms with van der Waals surface area (Å²) in [5.41, 5.74) is 2.07. The molecule has 4 heteroatoms. The first-order valence-electron chi connectivity index (χ1n) is 7.57. The van der Waals surface area contributed by atoms with Gasteiger partial charge in [0, 0.05) is 5.69 Å². The topological polar surface area (TPSA) is 45.5 Å². The number of nitrogens with zero attached hydrogens (tertiary/aromatic N) is 1. The lowest BCUT2D eigenvalue weighted by Gasteiger charge is -2.15.